The maximum Gasteiger partial charge on any atom is 0.296 e. The molecule has 1 aliphatic rings. The molecule has 1 amide bonds. The number of Topliss-reactive ketones (excluding diaryl/α,β-unsaturated/α-hetero) is 1. The Kier molecular flexibility index (Phi) is 6.57. The van der Waals surface area contributed by atoms with Gasteiger partial charge in [0, 0.05) is 22.2 Å². The maximum absolute atomic E-state index is 13.2. The van der Waals surface area contributed by atoms with Crippen molar-refractivity contribution in [2.75, 3.05) is 6.61 Å². The summed E-state index contributed by atoms with van der Waals surface area (Å²) in [5, 5.41) is 13.3. The molecule has 1 aliphatic heterocycles. The van der Waals surface area contributed by atoms with E-state index in [-0.39, 0.29) is 23.3 Å². The van der Waals surface area contributed by atoms with Crippen LogP contribution in [0.2, 0.25) is 0 Å². The maximum atomic E-state index is 13.2. The summed E-state index contributed by atoms with van der Waals surface area (Å²) in [6.07, 6.45) is 1.65. The topological polar surface area (TPSA) is 79.7 Å². The minimum absolute atomic E-state index is 0.0902. The van der Waals surface area contributed by atoms with Gasteiger partial charge >= 0.3 is 0 Å². The first-order valence-corrected chi connectivity index (χ1v) is 12.1. The van der Waals surface area contributed by atoms with Gasteiger partial charge in [0.1, 0.15) is 17.6 Å². The number of benzene rings is 1. The van der Waals surface area contributed by atoms with Crippen molar-refractivity contribution < 1.29 is 19.4 Å². The number of pyridine rings is 1. The molecule has 6 nitrogen and oxygen atoms in total. The summed E-state index contributed by atoms with van der Waals surface area (Å²) in [5.41, 5.74) is 1.90. The number of aliphatic hydroxyl groups is 1. The Labute approximate surface area is 203 Å². The molecule has 176 valence electrons. The van der Waals surface area contributed by atoms with Crippen LogP contribution < -0.4 is 4.74 Å². The highest BCUT2D eigenvalue weighted by Gasteiger charge is 2.46. The molecule has 0 bridgehead atoms. The molecule has 0 spiro atoms. The summed E-state index contributed by atoms with van der Waals surface area (Å²) in [5.74, 6) is -0.795. The molecule has 1 saturated heterocycles. The van der Waals surface area contributed by atoms with Gasteiger partial charge in [-0.1, -0.05) is 32.9 Å². The van der Waals surface area contributed by atoms with Gasteiger partial charge in [-0.15, -0.1) is 11.3 Å². The number of carbonyl (C=O) groups is 2. The molecule has 2 aromatic heterocycles. The monoisotopic (exact) mass is 476 g/mol. The highest BCUT2D eigenvalue weighted by Crippen LogP contribution is 2.42. The van der Waals surface area contributed by atoms with Crippen LogP contribution >= 0.6 is 11.3 Å². The van der Waals surface area contributed by atoms with Gasteiger partial charge in [0.2, 0.25) is 0 Å². The Bertz CT molecular complexity index is 1230. The molecule has 3 heterocycles. The fraction of sp³-hybridized carbons (Fsp3) is 0.296. The lowest BCUT2D eigenvalue weighted by atomic mass is 9.84. The van der Waals surface area contributed by atoms with Crippen molar-refractivity contribution in [1.82, 2.24) is 9.88 Å². The minimum atomic E-state index is -0.696. The van der Waals surface area contributed by atoms with Gasteiger partial charge in [-0.2, -0.15) is 0 Å². The number of hydrogen-bond acceptors (Lipinski definition) is 6. The lowest BCUT2D eigenvalue weighted by Gasteiger charge is -2.25. The number of likely N-dealkylation sites (tertiary alicyclic amines) is 1. The van der Waals surface area contributed by atoms with E-state index in [9.17, 15) is 14.7 Å². The molecule has 1 unspecified atom stereocenters. The van der Waals surface area contributed by atoms with E-state index in [0.717, 1.165) is 16.2 Å². The number of aliphatic hydroxyl groups excluding tert-OH is 1. The van der Waals surface area contributed by atoms with Crippen LogP contribution in [-0.2, 0) is 21.5 Å². The molecule has 0 radical (unpaired) electrons. The van der Waals surface area contributed by atoms with E-state index in [1.165, 1.54) is 16.2 Å². The smallest absolute Gasteiger partial charge is 0.296 e. The normalized spacial score (nSPS) is 17.9. The van der Waals surface area contributed by atoms with Crippen molar-refractivity contribution in [3.8, 4) is 5.75 Å². The van der Waals surface area contributed by atoms with E-state index in [2.05, 4.69) is 25.8 Å². The molecule has 1 fully saturated rings. The first kappa shape index (κ1) is 23.7. The average Bonchev–Trinajstić information content (AvgIpc) is 3.42. The van der Waals surface area contributed by atoms with Gasteiger partial charge in [0.15, 0.2) is 0 Å². The fourth-order valence-corrected chi connectivity index (χ4v) is 5.00. The van der Waals surface area contributed by atoms with E-state index in [1.54, 1.807) is 18.3 Å². The van der Waals surface area contributed by atoms with Crippen LogP contribution in [0.15, 0.2) is 65.7 Å². The largest absolute Gasteiger partial charge is 0.507 e. The predicted molar refractivity (Wildman–Crippen MR) is 133 cm³/mol. The molecular formula is C27H28N2O4S. The second kappa shape index (κ2) is 9.43. The van der Waals surface area contributed by atoms with E-state index < -0.39 is 17.7 Å². The van der Waals surface area contributed by atoms with Gasteiger partial charge < -0.3 is 14.7 Å². The Balaban J connectivity index is 1.85. The number of amides is 1. The Hall–Kier alpha value is -3.45. The van der Waals surface area contributed by atoms with Crippen LogP contribution in [-0.4, -0.2) is 33.3 Å². The number of aromatic nitrogens is 1. The Morgan fingerprint density at radius 1 is 1.15 bits per heavy atom. The minimum Gasteiger partial charge on any atom is -0.507 e. The number of carbonyl (C=O) groups excluding carboxylic acids is 2. The highest BCUT2D eigenvalue weighted by atomic mass is 32.1. The quantitative estimate of drug-likeness (QED) is 0.290. The van der Waals surface area contributed by atoms with Crippen LogP contribution in [0, 0.1) is 0 Å². The van der Waals surface area contributed by atoms with Crippen molar-refractivity contribution in [3.63, 3.8) is 0 Å². The Morgan fingerprint density at radius 3 is 2.56 bits per heavy atom. The third kappa shape index (κ3) is 4.48. The third-order valence-corrected chi connectivity index (χ3v) is 6.70. The SMILES string of the molecule is CCOc1ccc(/C(O)=C2/C(=O)C(=O)N(Cc3ccccn3)C2c2cccs2)cc1C(C)(C)C. The zero-order chi connectivity index (χ0) is 24.5. The van der Waals surface area contributed by atoms with Crippen molar-refractivity contribution in [2.45, 2.75) is 45.7 Å². The number of rotatable bonds is 6. The van der Waals surface area contributed by atoms with Gasteiger partial charge in [-0.3, -0.25) is 14.6 Å². The number of ether oxygens (including phenoxy) is 1. The summed E-state index contributed by atoms with van der Waals surface area (Å²) < 4.78 is 5.79. The molecule has 0 aliphatic carbocycles. The van der Waals surface area contributed by atoms with E-state index >= 15 is 0 Å². The lowest BCUT2D eigenvalue weighted by molar-refractivity contribution is -0.140. The lowest BCUT2D eigenvalue weighted by Crippen LogP contribution is -2.29. The zero-order valence-electron chi connectivity index (χ0n) is 19.7. The summed E-state index contributed by atoms with van der Waals surface area (Å²) in [6.45, 7) is 8.79. The van der Waals surface area contributed by atoms with E-state index in [0.29, 0.717) is 17.9 Å². The van der Waals surface area contributed by atoms with Crippen LogP contribution in [0.1, 0.15) is 55.4 Å². The van der Waals surface area contributed by atoms with Gasteiger partial charge in [-0.25, -0.2) is 0 Å². The molecular weight excluding hydrogens is 448 g/mol. The molecule has 34 heavy (non-hydrogen) atoms. The second-order valence-corrected chi connectivity index (χ2v) is 10.1. The van der Waals surface area contributed by atoms with Crippen LogP contribution in [0.25, 0.3) is 5.76 Å². The van der Waals surface area contributed by atoms with Gasteiger partial charge in [0.25, 0.3) is 11.7 Å². The summed E-state index contributed by atoms with van der Waals surface area (Å²) in [4.78, 5) is 33.0. The Morgan fingerprint density at radius 2 is 1.94 bits per heavy atom. The second-order valence-electron chi connectivity index (χ2n) is 9.16. The number of ketones is 1. The molecule has 0 saturated carbocycles. The predicted octanol–water partition coefficient (Wildman–Crippen LogP) is 5.46. The summed E-state index contributed by atoms with van der Waals surface area (Å²) >= 11 is 1.44. The highest BCUT2D eigenvalue weighted by molar-refractivity contribution is 7.10. The molecule has 1 atom stereocenters. The zero-order valence-corrected chi connectivity index (χ0v) is 20.6. The van der Waals surface area contributed by atoms with Crippen molar-refractivity contribution in [2.24, 2.45) is 0 Å². The van der Waals surface area contributed by atoms with Crippen molar-refractivity contribution >= 4 is 28.8 Å². The van der Waals surface area contributed by atoms with Crippen molar-refractivity contribution in [1.29, 1.82) is 0 Å². The molecule has 7 heteroatoms. The van der Waals surface area contributed by atoms with Gasteiger partial charge in [-0.05, 0) is 54.1 Å². The summed E-state index contributed by atoms with van der Waals surface area (Å²) in [6, 6.07) is 13.9. The van der Waals surface area contributed by atoms with Crippen molar-refractivity contribution in [3.05, 3.63) is 87.4 Å². The first-order valence-electron chi connectivity index (χ1n) is 11.2. The fourth-order valence-electron chi connectivity index (χ4n) is 4.15. The van der Waals surface area contributed by atoms with E-state index in [1.807, 2.05) is 48.7 Å². The van der Waals surface area contributed by atoms with Gasteiger partial charge in [0.05, 0.1) is 24.4 Å². The number of hydrogen-bond donors (Lipinski definition) is 1. The standard InChI is InChI=1S/C27H28N2O4S/c1-5-33-20-12-11-17(15-19(20)27(2,3)4)24(30)22-23(21-10-8-14-34-21)29(26(32)25(22)31)16-18-9-6-7-13-28-18/h6-15,23,30H,5,16H2,1-4H3/b24-22-. The van der Waals surface area contributed by atoms with Crippen LogP contribution in [0.4, 0.5) is 0 Å². The third-order valence-electron chi connectivity index (χ3n) is 5.77. The molecule has 1 N–H and O–H groups in total. The molecule has 3 aromatic rings. The summed E-state index contributed by atoms with van der Waals surface area (Å²) in [7, 11) is 0. The number of thiophene rings is 1. The van der Waals surface area contributed by atoms with Crippen LogP contribution in [0.5, 0.6) is 5.75 Å². The van der Waals surface area contributed by atoms with E-state index in [4.69, 9.17) is 4.74 Å². The van der Waals surface area contributed by atoms with Crippen LogP contribution in [0.3, 0.4) is 0 Å². The average molecular weight is 477 g/mol. The first-order chi connectivity index (χ1) is 16.2. The molecule has 4 rings (SSSR count). The molecule has 1 aromatic carbocycles. The number of nitrogens with zero attached hydrogens (tertiary/aromatic N) is 2.